The molecule has 1 aromatic rings. The van der Waals surface area contributed by atoms with Crippen LogP contribution in [0.4, 0.5) is 0 Å². The summed E-state index contributed by atoms with van der Waals surface area (Å²) in [6, 6.07) is 4.81. The van der Waals surface area contributed by atoms with Crippen LogP contribution in [-0.4, -0.2) is 42.4 Å². The molecule has 1 saturated heterocycles. The van der Waals surface area contributed by atoms with Gasteiger partial charge in [0, 0.05) is 29.1 Å². The van der Waals surface area contributed by atoms with E-state index < -0.39 is 5.97 Å². The van der Waals surface area contributed by atoms with E-state index in [0.29, 0.717) is 41.5 Å². The van der Waals surface area contributed by atoms with E-state index in [1.165, 1.54) is 0 Å². The normalized spacial score (nSPS) is 15.2. The van der Waals surface area contributed by atoms with Crippen LogP contribution >= 0.6 is 23.2 Å². The molecule has 0 spiro atoms. The Morgan fingerprint density at radius 1 is 1.21 bits per heavy atom. The maximum atomic E-state index is 12.0. The molecular weight excluding hydrogens is 355 g/mol. The van der Waals surface area contributed by atoms with Gasteiger partial charge < -0.3 is 15.4 Å². The van der Waals surface area contributed by atoms with Crippen molar-refractivity contribution in [3.63, 3.8) is 0 Å². The molecule has 0 saturated carbocycles. The van der Waals surface area contributed by atoms with E-state index in [1.807, 2.05) is 0 Å². The minimum absolute atomic E-state index is 0.0347. The van der Waals surface area contributed by atoms with Gasteiger partial charge in [0.05, 0.1) is 6.42 Å². The van der Waals surface area contributed by atoms with Crippen molar-refractivity contribution in [3.8, 4) is 0 Å². The number of piperidine rings is 1. The number of hydrogen-bond acceptors (Lipinski definition) is 4. The van der Waals surface area contributed by atoms with Gasteiger partial charge in [-0.05, 0) is 30.5 Å². The summed E-state index contributed by atoms with van der Waals surface area (Å²) in [5.41, 5.74) is 5.84. The third-order valence-electron chi connectivity index (χ3n) is 3.96. The molecule has 6 nitrogen and oxygen atoms in total. The van der Waals surface area contributed by atoms with Crippen molar-refractivity contribution in [1.29, 1.82) is 0 Å². The quantitative estimate of drug-likeness (QED) is 0.797. The molecule has 0 radical (unpaired) electrons. The molecule has 0 bridgehead atoms. The highest BCUT2D eigenvalue weighted by Gasteiger charge is 2.26. The largest absolute Gasteiger partial charge is 0.455 e. The molecule has 0 atom stereocenters. The van der Waals surface area contributed by atoms with Crippen molar-refractivity contribution in [2.75, 3.05) is 19.7 Å². The number of halogens is 2. The molecule has 8 heteroatoms. The van der Waals surface area contributed by atoms with E-state index >= 15 is 0 Å². The topological polar surface area (TPSA) is 89.7 Å². The number of ether oxygens (including phenoxy) is 1. The molecule has 2 N–H and O–H groups in total. The molecule has 0 aromatic heterocycles. The molecule has 1 aliphatic heterocycles. The van der Waals surface area contributed by atoms with Crippen molar-refractivity contribution in [3.05, 3.63) is 33.8 Å². The van der Waals surface area contributed by atoms with Gasteiger partial charge in [0.15, 0.2) is 6.61 Å². The predicted molar refractivity (Wildman–Crippen MR) is 89.6 cm³/mol. The number of esters is 1. The SMILES string of the molecule is NC(=O)C1CCN(C(=O)COC(=O)Cc2ccc(Cl)cc2Cl)CC1. The number of nitrogens with two attached hydrogens (primary N) is 1. The first kappa shape index (κ1) is 18.5. The lowest BCUT2D eigenvalue weighted by Crippen LogP contribution is -2.43. The van der Waals surface area contributed by atoms with E-state index in [9.17, 15) is 14.4 Å². The van der Waals surface area contributed by atoms with E-state index in [2.05, 4.69) is 0 Å². The van der Waals surface area contributed by atoms with Gasteiger partial charge in [0.25, 0.3) is 5.91 Å². The second-order valence-electron chi connectivity index (χ2n) is 5.63. The Labute approximate surface area is 149 Å². The van der Waals surface area contributed by atoms with Gasteiger partial charge >= 0.3 is 5.97 Å². The minimum atomic E-state index is -0.542. The Kier molecular flexibility index (Phi) is 6.45. The van der Waals surface area contributed by atoms with E-state index in [-0.39, 0.29) is 30.8 Å². The molecule has 130 valence electrons. The third-order valence-corrected chi connectivity index (χ3v) is 4.54. The Morgan fingerprint density at radius 2 is 1.88 bits per heavy atom. The van der Waals surface area contributed by atoms with Crippen LogP contribution in [0.2, 0.25) is 10.0 Å². The molecule has 1 aromatic carbocycles. The number of carbonyl (C=O) groups excluding carboxylic acids is 3. The summed E-state index contributed by atoms with van der Waals surface area (Å²) in [5, 5.41) is 0.853. The number of rotatable bonds is 5. The number of amides is 2. The summed E-state index contributed by atoms with van der Waals surface area (Å²) in [4.78, 5) is 36.5. The minimum Gasteiger partial charge on any atom is -0.455 e. The standard InChI is InChI=1S/C16H18Cl2N2O4/c17-12-2-1-11(13(18)8-12)7-15(22)24-9-14(21)20-5-3-10(4-6-20)16(19)23/h1-2,8,10H,3-7,9H2,(H2,19,23). The fourth-order valence-corrected chi connectivity index (χ4v) is 2.99. The average Bonchev–Trinajstić information content (AvgIpc) is 2.55. The van der Waals surface area contributed by atoms with Crippen LogP contribution in [0.3, 0.4) is 0 Å². The lowest BCUT2D eigenvalue weighted by Gasteiger charge is -2.30. The fourth-order valence-electron chi connectivity index (χ4n) is 2.52. The molecular formula is C16H18Cl2N2O4. The highest BCUT2D eigenvalue weighted by Crippen LogP contribution is 2.21. The van der Waals surface area contributed by atoms with Gasteiger partial charge in [-0.15, -0.1) is 0 Å². The first-order chi connectivity index (χ1) is 11.4. The molecule has 1 fully saturated rings. The first-order valence-electron chi connectivity index (χ1n) is 7.53. The Hall–Kier alpha value is -1.79. The maximum Gasteiger partial charge on any atom is 0.310 e. The second kappa shape index (κ2) is 8.35. The van der Waals surface area contributed by atoms with Crippen LogP contribution < -0.4 is 5.73 Å². The van der Waals surface area contributed by atoms with Crippen molar-refractivity contribution >= 4 is 41.0 Å². The lowest BCUT2D eigenvalue weighted by molar-refractivity contribution is -0.152. The van der Waals surface area contributed by atoms with Gasteiger partial charge in [0.2, 0.25) is 5.91 Å². The zero-order valence-electron chi connectivity index (χ0n) is 13.0. The van der Waals surface area contributed by atoms with Crippen LogP contribution in [0.1, 0.15) is 18.4 Å². The maximum absolute atomic E-state index is 12.0. The predicted octanol–water partition coefficient (Wildman–Crippen LogP) is 1.80. The summed E-state index contributed by atoms with van der Waals surface area (Å²) < 4.78 is 5.01. The monoisotopic (exact) mass is 372 g/mol. The zero-order chi connectivity index (χ0) is 17.7. The van der Waals surface area contributed by atoms with Crippen molar-refractivity contribution in [2.24, 2.45) is 11.7 Å². The summed E-state index contributed by atoms with van der Waals surface area (Å²) in [5.74, 6) is -1.36. The van der Waals surface area contributed by atoms with Crippen LogP contribution in [0.25, 0.3) is 0 Å². The second-order valence-corrected chi connectivity index (χ2v) is 6.47. The van der Waals surface area contributed by atoms with Crippen molar-refractivity contribution < 1.29 is 19.1 Å². The Bertz CT molecular complexity index is 643. The number of primary amides is 1. The Morgan fingerprint density at radius 3 is 2.46 bits per heavy atom. The molecule has 2 amide bonds. The number of nitrogens with zero attached hydrogens (tertiary/aromatic N) is 1. The van der Waals surface area contributed by atoms with Crippen LogP contribution in [0, 0.1) is 5.92 Å². The van der Waals surface area contributed by atoms with Gasteiger partial charge in [-0.3, -0.25) is 14.4 Å². The lowest BCUT2D eigenvalue weighted by atomic mass is 9.96. The van der Waals surface area contributed by atoms with Gasteiger partial charge in [0.1, 0.15) is 0 Å². The van der Waals surface area contributed by atoms with E-state index in [4.69, 9.17) is 33.7 Å². The zero-order valence-corrected chi connectivity index (χ0v) is 14.5. The first-order valence-corrected chi connectivity index (χ1v) is 8.29. The van der Waals surface area contributed by atoms with Crippen LogP contribution in [0.5, 0.6) is 0 Å². The Balaban J connectivity index is 1.77. The number of likely N-dealkylation sites (tertiary alicyclic amines) is 1. The molecule has 24 heavy (non-hydrogen) atoms. The van der Waals surface area contributed by atoms with Gasteiger partial charge in [-0.25, -0.2) is 0 Å². The van der Waals surface area contributed by atoms with Crippen molar-refractivity contribution in [2.45, 2.75) is 19.3 Å². The smallest absolute Gasteiger partial charge is 0.310 e. The molecule has 2 rings (SSSR count). The number of benzene rings is 1. The average molecular weight is 373 g/mol. The highest BCUT2D eigenvalue weighted by molar-refractivity contribution is 6.35. The van der Waals surface area contributed by atoms with E-state index in [1.54, 1.807) is 23.1 Å². The number of hydrogen-bond donors (Lipinski definition) is 1. The van der Waals surface area contributed by atoms with Gasteiger partial charge in [-0.2, -0.15) is 0 Å². The van der Waals surface area contributed by atoms with Crippen molar-refractivity contribution in [1.82, 2.24) is 4.90 Å². The summed E-state index contributed by atoms with van der Waals surface area (Å²) in [6.45, 7) is 0.547. The number of carbonyl (C=O) groups is 3. The molecule has 1 aliphatic rings. The molecule has 0 unspecified atom stereocenters. The fraction of sp³-hybridized carbons (Fsp3) is 0.438. The molecule has 0 aliphatic carbocycles. The van der Waals surface area contributed by atoms with Crippen LogP contribution in [0.15, 0.2) is 18.2 Å². The summed E-state index contributed by atoms with van der Waals surface area (Å²) >= 11 is 11.8. The summed E-state index contributed by atoms with van der Waals surface area (Å²) in [7, 11) is 0. The van der Waals surface area contributed by atoms with Gasteiger partial charge in [-0.1, -0.05) is 29.3 Å². The highest BCUT2D eigenvalue weighted by atomic mass is 35.5. The summed E-state index contributed by atoms with van der Waals surface area (Å²) in [6.07, 6.45) is 1.04. The molecule has 1 heterocycles. The van der Waals surface area contributed by atoms with Crippen LogP contribution in [-0.2, 0) is 25.5 Å². The van der Waals surface area contributed by atoms with E-state index in [0.717, 1.165) is 0 Å². The third kappa shape index (κ3) is 5.11.